The monoisotopic (exact) mass is 432 g/mol. The molecular weight excluding hydrogens is 415 g/mol. The van der Waals surface area contributed by atoms with Gasteiger partial charge in [-0.3, -0.25) is 9.59 Å². The van der Waals surface area contributed by atoms with Gasteiger partial charge in [-0.05, 0) is 87.6 Å². The summed E-state index contributed by atoms with van der Waals surface area (Å²) in [6.07, 6.45) is 8.63. The molecule has 1 aliphatic carbocycles. The number of rotatable bonds is 5. The highest BCUT2D eigenvalue weighted by atomic mass is 35.5. The van der Waals surface area contributed by atoms with Crippen molar-refractivity contribution in [3.63, 3.8) is 0 Å². The number of allylic oxidation sites excluding steroid dienone is 4. The lowest BCUT2D eigenvalue weighted by atomic mass is 9.94. The third kappa shape index (κ3) is 4.46. The van der Waals surface area contributed by atoms with Crippen molar-refractivity contribution < 1.29 is 9.59 Å². The molecule has 0 radical (unpaired) electrons. The van der Waals surface area contributed by atoms with Crippen molar-refractivity contribution in [3.05, 3.63) is 102 Å². The smallest absolute Gasteiger partial charge is 0.252 e. The zero-order valence-electron chi connectivity index (χ0n) is 16.1. The minimum Gasteiger partial charge on any atom is -0.276 e. The molecule has 0 atom stereocenters. The van der Waals surface area contributed by atoms with Crippen LogP contribution in [0.15, 0.2) is 85.0 Å². The first kappa shape index (κ1) is 20.3. The summed E-state index contributed by atoms with van der Waals surface area (Å²) in [6.45, 7) is 0. The van der Waals surface area contributed by atoms with E-state index in [0.717, 1.165) is 29.5 Å². The van der Waals surface area contributed by atoms with Gasteiger partial charge in [0.05, 0.1) is 0 Å². The summed E-state index contributed by atoms with van der Waals surface area (Å²) in [4.78, 5) is 23.2. The van der Waals surface area contributed by atoms with Crippen LogP contribution in [-0.2, 0) is 0 Å². The molecule has 4 heteroatoms. The SMILES string of the molecule is O=C(Cl)c1cc(C(=O)Cl)cc(-c2ccc(-c3ccc(C4=CC=CCC4)cc3)cc2)c1. The van der Waals surface area contributed by atoms with E-state index in [4.69, 9.17) is 23.2 Å². The Kier molecular flexibility index (Phi) is 5.98. The Balaban J connectivity index is 1.62. The van der Waals surface area contributed by atoms with Crippen LogP contribution in [0.2, 0.25) is 0 Å². The summed E-state index contributed by atoms with van der Waals surface area (Å²) in [5.41, 5.74) is 6.88. The predicted octanol–water partition coefficient (Wildman–Crippen LogP) is 7.51. The fourth-order valence-corrected chi connectivity index (χ4v) is 3.81. The highest BCUT2D eigenvalue weighted by molar-refractivity contribution is 6.69. The minimum atomic E-state index is -0.628. The van der Waals surface area contributed by atoms with Gasteiger partial charge < -0.3 is 0 Å². The van der Waals surface area contributed by atoms with Crippen molar-refractivity contribution in [2.24, 2.45) is 0 Å². The van der Waals surface area contributed by atoms with Crippen molar-refractivity contribution in [1.82, 2.24) is 0 Å². The van der Waals surface area contributed by atoms with E-state index >= 15 is 0 Å². The second-order valence-corrected chi connectivity index (χ2v) is 7.85. The summed E-state index contributed by atoms with van der Waals surface area (Å²) >= 11 is 11.2. The highest BCUT2D eigenvalue weighted by Gasteiger charge is 2.12. The summed E-state index contributed by atoms with van der Waals surface area (Å²) < 4.78 is 0. The van der Waals surface area contributed by atoms with E-state index < -0.39 is 10.5 Å². The molecule has 0 unspecified atom stereocenters. The topological polar surface area (TPSA) is 34.1 Å². The number of hydrogen-bond donors (Lipinski definition) is 0. The fraction of sp³-hybridized carbons (Fsp3) is 0.0769. The van der Waals surface area contributed by atoms with Gasteiger partial charge in [-0.2, -0.15) is 0 Å². The van der Waals surface area contributed by atoms with Gasteiger partial charge in [-0.25, -0.2) is 0 Å². The Morgan fingerprint density at radius 2 is 1.10 bits per heavy atom. The molecule has 0 aliphatic heterocycles. The number of halogens is 2. The Hall–Kier alpha value is -2.94. The molecule has 0 amide bonds. The number of carbonyl (C=O) groups is 2. The average molecular weight is 433 g/mol. The zero-order chi connectivity index (χ0) is 21.1. The summed E-state index contributed by atoms with van der Waals surface area (Å²) in [5, 5.41) is -1.26. The molecule has 3 aromatic rings. The lowest BCUT2D eigenvalue weighted by Gasteiger charge is -2.11. The van der Waals surface area contributed by atoms with Crippen LogP contribution in [0.5, 0.6) is 0 Å². The molecule has 3 aromatic carbocycles. The van der Waals surface area contributed by atoms with Crippen LogP contribution in [0.1, 0.15) is 39.1 Å². The molecule has 0 bridgehead atoms. The summed E-state index contributed by atoms with van der Waals surface area (Å²) in [5.74, 6) is 0. The van der Waals surface area contributed by atoms with Crippen molar-refractivity contribution in [2.45, 2.75) is 12.8 Å². The predicted molar refractivity (Wildman–Crippen MR) is 124 cm³/mol. The first-order chi connectivity index (χ1) is 14.5. The van der Waals surface area contributed by atoms with E-state index in [9.17, 15) is 9.59 Å². The Morgan fingerprint density at radius 3 is 1.53 bits per heavy atom. The quantitative estimate of drug-likeness (QED) is 0.390. The maximum Gasteiger partial charge on any atom is 0.252 e. The van der Waals surface area contributed by atoms with Crippen LogP contribution in [0.3, 0.4) is 0 Å². The van der Waals surface area contributed by atoms with Crippen molar-refractivity contribution >= 4 is 39.3 Å². The molecule has 0 fully saturated rings. The average Bonchev–Trinajstić information content (AvgIpc) is 2.79. The molecule has 30 heavy (non-hydrogen) atoms. The zero-order valence-corrected chi connectivity index (χ0v) is 17.6. The molecule has 0 aromatic heterocycles. The molecule has 0 spiro atoms. The largest absolute Gasteiger partial charge is 0.276 e. The molecule has 1 aliphatic rings. The van der Waals surface area contributed by atoms with Gasteiger partial charge in [-0.1, -0.05) is 66.8 Å². The molecule has 4 rings (SSSR count). The second kappa shape index (κ2) is 8.83. The van der Waals surface area contributed by atoms with E-state index in [0.29, 0.717) is 5.56 Å². The van der Waals surface area contributed by atoms with Crippen LogP contribution in [0.4, 0.5) is 0 Å². The van der Waals surface area contributed by atoms with Gasteiger partial charge in [0, 0.05) is 11.1 Å². The van der Waals surface area contributed by atoms with Gasteiger partial charge in [0.1, 0.15) is 0 Å². The van der Waals surface area contributed by atoms with Crippen LogP contribution in [-0.4, -0.2) is 10.5 Å². The minimum absolute atomic E-state index is 0.240. The fourth-order valence-electron chi connectivity index (χ4n) is 3.60. The third-order valence-electron chi connectivity index (χ3n) is 5.21. The normalized spacial score (nSPS) is 13.1. The van der Waals surface area contributed by atoms with Crippen molar-refractivity contribution in [1.29, 1.82) is 0 Å². The van der Waals surface area contributed by atoms with Gasteiger partial charge in [0.2, 0.25) is 0 Å². The Morgan fingerprint density at radius 1 is 0.633 bits per heavy atom. The highest BCUT2D eigenvalue weighted by Crippen LogP contribution is 2.29. The lowest BCUT2D eigenvalue weighted by molar-refractivity contribution is 0.108. The van der Waals surface area contributed by atoms with E-state index in [-0.39, 0.29) is 11.1 Å². The van der Waals surface area contributed by atoms with E-state index in [2.05, 4.69) is 42.5 Å². The third-order valence-corrected chi connectivity index (χ3v) is 5.64. The van der Waals surface area contributed by atoms with Crippen molar-refractivity contribution in [3.8, 4) is 22.3 Å². The number of carbonyl (C=O) groups excluding carboxylic acids is 2. The number of benzene rings is 3. The van der Waals surface area contributed by atoms with Gasteiger partial charge >= 0.3 is 0 Å². The molecule has 148 valence electrons. The second-order valence-electron chi connectivity index (χ2n) is 7.16. The van der Waals surface area contributed by atoms with E-state index in [1.165, 1.54) is 17.2 Å². The van der Waals surface area contributed by atoms with E-state index in [1.807, 2.05) is 24.3 Å². The van der Waals surface area contributed by atoms with Crippen LogP contribution in [0, 0.1) is 0 Å². The Bertz CT molecular complexity index is 1140. The standard InChI is InChI=1S/C26H18Cl2O2/c27-25(29)23-14-22(15-24(16-23)26(28)30)21-12-10-20(11-13-21)19-8-6-18(7-9-19)17-4-2-1-3-5-17/h1-2,4,6-16H,3,5H2. The summed E-state index contributed by atoms with van der Waals surface area (Å²) in [7, 11) is 0. The molecular formula is C26H18Cl2O2. The van der Waals surface area contributed by atoms with Crippen LogP contribution >= 0.6 is 23.2 Å². The summed E-state index contributed by atoms with van der Waals surface area (Å²) in [6, 6.07) is 21.2. The van der Waals surface area contributed by atoms with Crippen molar-refractivity contribution in [2.75, 3.05) is 0 Å². The molecule has 0 saturated heterocycles. The molecule has 2 nitrogen and oxygen atoms in total. The molecule has 0 saturated carbocycles. The number of hydrogen-bond acceptors (Lipinski definition) is 2. The lowest BCUT2D eigenvalue weighted by Crippen LogP contribution is -1.96. The maximum absolute atomic E-state index is 11.6. The first-order valence-corrected chi connectivity index (χ1v) is 10.4. The Labute approximate surface area is 185 Å². The van der Waals surface area contributed by atoms with Crippen LogP contribution in [0.25, 0.3) is 27.8 Å². The van der Waals surface area contributed by atoms with Gasteiger partial charge in [-0.15, -0.1) is 0 Å². The first-order valence-electron chi connectivity index (χ1n) is 9.63. The van der Waals surface area contributed by atoms with Gasteiger partial charge in [0.25, 0.3) is 10.5 Å². The van der Waals surface area contributed by atoms with Gasteiger partial charge in [0.15, 0.2) is 0 Å². The molecule has 0 N–H and O–H groups in total. The maximum atomic E-state index is 11.6. The van der Waals surface area contributed by atoms with E-state index in [1.54, 1.807) is 12.1 Å². The van der Waals surface area contributed by atoms with Crippen LogP contribution < -0.4 is 0 Å². The molecule has 0 heterocycles.